The average molecular weight is 339 g/mol. The summed E-state index contributed by atoms with van der Waals surface area (Å²) in [6.45, 7) is 3.30. The lowest BCUT2D eigenvalue weighted by atomic mass is 10.0. The van der Waals surface area contributed by atoms with E-state index < -0.39 is 6.29 Å². The van der Waals surface area contributed by atoms with Gasteiger partial charge >= 0.3 is 0 Å². The monoisotopic (exact) mass is 338 g/mol. The van der Waals surface area contributed by atoms with Crippen molar-refractivity contribution in [2.45, 2.75) is 13.2 Å². The van der Waals surface area contributed by atoms with Gasteiger partial charge in [0.1, 0.15) is 0 Å². The molecule has 1 fully saturated rings. The molecule has 1 heterocycles. The van der Waals surface area contributed by atoms with Gasteiger partial charge in [-0.1, -0.05) is 53.9 Å². The van der Waals surface area contributed by atoms with E-state index in [0.717, 1.165) is 21.7 Å². The van der Waals surface area contributed by atoms with Gasteiger partial charge in [0.05, 0.1) is 13.2 Å². The molecule has 0 bridgehead atoms. The van der Waals surface area contributed by atoms with Gasteiger partial charge in [-0.25, -0.2) is 0 Å². The molecule has 0 amide bonds. The fourth-order valence-electron chi connectivity index (χ4n) is 2.52. The fraction of sp³-hybridized carbons (Fsp3) is 0.238. The Hall–Kier alpha value is -2.05. The summed E-state index contributed by atoms with van der Waals surface area (Å²) in [6, 6.07) is 15.9. The maximum atomic E-state index is 5.92. The van der Waals surface area contributed by atoms with Gasteiger partial charge in [0.2, 0.25) is 6.29 Å². The van der Waals surface area contributed by atoms with Crippen molar-refractivity contribution < 1.29 is 9.47 Å². The molecule has 0 atom stereocenters. The average Bonchev–Trinajstić information content (AvgIpc) is 2.63. The topological polar surface area (TPSA) is 18.5 Å². The van der Waals surface area contributed by atoms with Gasteiger partial charge in [-0.3, -0.25) is 0 Å². The zero-order valence-electron chi connectivity index (χ0n) is 13.5. The second kappa shape index (κ2) is 8.17. The van der Waals surface area contributed by atoms with Crippen molar-refractivity contribution in [2.24, 2.45) is 5.92 Å². The summed E-state index contributed by atoms with van der Waals surface area (Å²) in [5.74, 6) is 6.47. The lowest BCUT2D eigenvalue weighted by Crippen LogP contribution is -2.30. The van der Waals surface area contributed by atoms with Crippen molar-refractivity contribution in [3.05, 3.63) is 71.3 Å². The molecule has 0 unspecified atom stereocenters. The molecule has 0 aromatic heterocycles. The van der Waals surface area contributed by atoms with Gasteiger partial charge < -0.3 is 9.47 Å². The van der Waals surface area contributed by atoms with E-state index in [1.165, 1.54) is 0 Å². The molecule has 2 aromatic carbocycles. The highest BCUT2D eigenvalue weighted by Crippen LogP contribution is 2.21. The summed E-state index contributed by atoms with van der Waals surface area (Å²) < 4.78 is 11.2. The Bertz CT molecular complexity index is 743. The Morgan fingerprint density at radius 3 is 2.12 bits per heavy atom. The second-order valence-electron chi connectivity index (χ2n) is 5.64. The van der Waals surface area contributed by atoms with Crippen LogP contribution in [-0.4, -0.2) is 19.5 Å². The van der Waals surface area contributed by atoms with Crippen molar-refractivity contribution in [3.63, 3.8) is 0 Å². The van der Waals surface area contributed by atoms with E-state index in [4.69, 9.17) is 21.1 Å². The second-order valence-corrected chi connectivity index (χ2v) is 6.07. The fourth-order valence-corrected chi connectivity index (χ4v) is 2.64. The quantitative estimate of drug-likeness (QED) is 0.571. The Balaban J connectivity index is 1.62. The van der Waals surface area contributed by atoms with Crippen LogP contribution in [0.25, 0.3) is 11.1 Å². The predicted molar refractivity (Wildman–Crippen MR) is 97.8 cm³/mol. The standard InChI is InChI=1S/C21H19ClO2/c1-2-3-17-14-23-21(24-15-17)13-6-16-4-7-18(8-5-16)19-9-11-20(22)12-10-19/h2-5,7-12,17,21H,14-15H2,1H3/t17-,21-. The van der Waals surface area contributed by atoms with E-state index in [1.54, 1.807) is 0 Å². The SMILES string of the molecule is CC=C[C@H]1CO[C@H](C#Cc2ccc(-c3ccc(Cl)cc3)cc2)OC1. The van der Waals surface area contributed by atoms with E-state index in [9.17, 15) is 0 Å². The normalized spacial score (nSPS) is 20.6. The minimum Gasteiger partial charge on any atom is -0.341 e. The number of rotatable bonds is 2. The van der Waals surface area contributed by atoms with Gasteiger partial charge in [-0.2, -0.15) is 0 Å². The Morgan fingerprint density at radius 1 is 0.958 bits per heavy atom. The molecule has 1 aliphatic rings. The molecule has 3 rings (SSSR count). The lowest BCUT2D eigenvalue weighted by molar-refractivity contribution is -0.160. The summed E-state index contributed by atoms with van der Waals surface area (Å²) in [7, 11) is 0. The van der Waals surface area contributed by atoms with Crippen LogP contribution in [0, 0.1) is 17.8 Å². The summed E-state index contributed by atoms with van der Waals surface area (Å²) in [6.07, 6.45) is 3.67. The molecule has 1 aliphatic heterocycles. The van der Waals surface area contributed by atoms with Crippen LogP contribution < -0.4 is 0 Å². The van der Waals surface area contributed by atoms with Crippen molar-refractivity contribution in [1.29, 1.82) is 0 Å². The first-order valence-electron chi connectivity index (χ1n) is 7.98. The van der Waals surface area contributed by atoms with Gasteiger partial charge in [-0.15, -0.1) is 0 Å². The first-order chi connectivity index (χ1) is 11.7. The van der Waals surface area contributed by atoms with Crippen LogP contribution in [0.4, 0.5) is 0 Å². The van der Waals surface area contributed by atoms with Crippen LogP contribution in [0.2, 0.25) is 5.02 Å². The molecule has 2 aromatic rings. The molecule has 1 saturated heterocycles. The third kappa shape index (κ3) is 4.49. The lowest BCUT2D eigenvalue weighted by Gasteiger charge is -2.24. The summed E-state index contributed by atoms with van der Waals surface area (Å²) in [5.41, 5.74) is 3.21. The van der Waals surface area contributed by atoms with Crippen molar-refractivity contribution in [1.82, 2.24) is 0 Å². The van der Waals surface area contributed by atoms with Crippen molar-refractivity contribution in [2.75, 3.05) is 13.2 Å². The molecule has 122 valence electrons. The molecule has 24 heavy (non-hydrogen) atoms. The molecule has 0 radical (unpaired) electrons. The van der Waals surface area contributed by atoms with Crippen LogP contribution in [0.3, 0.4) is 0 Å². The van der Waals surface area contributed by atoms with Crippen LogP contribution in [-0.2, 0) is 9.47 Å². The first-order valence-corrected chi connectivity index (χ1v) is 8.36. The molecule has 3 heteroatoms. The molecule has 0 N–H and O–H groups in total. The van der Waals surface area contributed by atoms with Crippen molar-refractivity contribution >= 4 is 11.6 Å². The van der Waals surface area contributed by atoms with Gasteiger partial charge in [-0.05, 0) is 48.2 Å². The van der Waals surface area contributed by atoms with E-state index in [-0.39, 0.29) is 0 Å². The molecule has 0 aliphatic carbocycles. The van der Waals surface area contributed by atoms with E-state index in [1.807, 2.05) is 49.4 Å². The largest absolute Gasteiger partial charge is 0.341 e. The summed E-state index contributed by atoms with van der Waals surface area (Å²) in [4.78, 5) is 0. The Morgan fingerprint density at radius 2 is 1.54 bits per heavy atom. The van der Waals surface area contributed by atoms with Gasteiger partial charge in [0, 0.05) is 16.5 Å². The van der Waals surface area contributed by atoms with E-state index in [2.05, 4.69) is 30.0 Å². The number of hydrogen-bond acceptors (Lipinski definition) is 2. The number of benzene rings is 2. The van der Waals surface area contributed by atoms with E-state index in [0.29, 0.717) is 19.1 Å². The molecular formula is C21H19ClO2. The molecule has 0 saturated carbocycles. The minimum atomic E-state index is -0.442. The third-order valence-electron chi connectivity index (χ3n) is 3.78. The first kappa shape index (κ1) is 16.8. The highest BCUT2D eigenvalue weighted by atomic mass is 35.5. The zero-order valence-corrected chi connectivity index (χ0v) is 14.3. The summed E-state index contributed by atoms with van der Waals surface area (Å²) in [5, 5.41) is 0.741. The number of ether oxygens (including phenoxy) is 2. The smallest absolute Gasteiger partial charge is 0.222 e. The van der Waals surface area contributed by atoms with Gasteiger partial charge in [0.15, 0.2) is 0 Å². The molecule has 0 spiro atoms. The predicted octanol–water partition coefficient (Wildman–Crippen LogP) is 4.92. The highest BCUT2D eigenvalue weighted by molar-refractivity contribution is 6.30. The van der Waals surface area contributed by atoms with Crippen LogP contribution >= 0.6 is 11.6 Å². The van der Waals surface area contributed by atoms with Crippen LogP contribution in [0.5, 0.6) is 0 Å². The number of hydrogen-bond donors (Lipinski definition) is 0. The van der Waals surface area contributed by atoms with Crippen LogP contribution in [0.15, 0.2) is 60.7 Å². The molecular weight excluding hydrogens is 320 g/mol. The minimum absolute atomic E-state index is 0.326. The maximum Gasteiger partial charge on any atom is 0.222 e. The molecule has 2 nitrogen and oxygen atoms in total. The van der Waals surface area contributed by atoms with Crippen molar-refractivity contribution in [3.8, 4) is 23.0 Å². The maximum absolute atomic E-state index is 5.92. The van der Waals surface area contributed by atoms with E-state index >= 15 is 0 Å². The summed E-state index contributed by atoms with van der Waals surface area (Å²) >= 11 is 5.92. The van der Waals surface area contributed by atoms with Crippen LogP contribution in [0.1, 0.15) is 12.5 Å². The number of allylic oxidation sites excluding steroid dienone is 1. The zero-order chi connectivity index (χ0) is 16.8. The van der Waals surface area contributed by atoms with Gasteiger partial charge in [0.25, 0.3) is 0 Å². The Kier molecular flexibility index (Phi) is 5.72. The highest BCUT2D eigenvalue weighted by Gasteiger charge is 2.18. The third-order valence-corrected chi connectivity index (χ3v) is 4.04. The Labute approximate surface area is 148 Å². The number of halogens is 1.